The van der Waals surface area contributed by atoms with Crippen LogP contribution in [-0.4, -0.2) is 56.0 Å². The van der Waals surface area contributed by atoms with Crippen LogP contribution in [0.25, 0.3) is 0 Å². The van der Waals surface area contributed by atoms with Crippen molar-refractivity contribution in [3.8, 4) is 0 Å². The van der Waals surface area contributed by atoms with E-state index in [4.69, 9.17) is 0 Å². The van der Waals surface area contributed by atoms with Gasteiger partial charge in [-0.15, -0.1) is 0 Å². The Morgan fingerprint density at radius 1 is 0.966 bits per heavy atom. The van der Waals surface area contributed by atoms with E-state index in [0.717, 1.165) is 49.5 Å². The zero-order valence-corrected chi connectivity index (χ0v) is 17.1. The van der Waals surface area contributed by atoms with Gasteiger partial charge in [-0.1, -0.05) is 18.2 Å². The number of fused-ring (bicyclic) bond motifs is 1. The molecular formula is C23H28N4O2. The van der Waals surface area contributed by atoms with E-state index in [9.17, 15) is 9.59 Å². The number of amides is 2. The fourth-order valence-electron chi connectivity index (χ4n) is 4.28. The second-order valence-electron chi connectivity index (χ2n) is 7.86. The molecule has 1 fully saturated rings. The van der Waals surface area contributed by atoms with Gasteiger partial charge in [0.05, 0.1) is 6.54 Å². The number of para-hydroxylation sites is 1. The number of nitrogens with zero attached hydrogens (tertiary/aromatic N) is 3. The van der Waals surface area contributed by atoms with Gasteiger partial charge in [0.25, 0.3) is 0 Å². The van der Waals surface area contributed by atoms with Gasteiger partial charge in [0.15, 0.2) is 0 Å². The maximum atomic E-state index is 12.5. The summed E-state index contributed by atoms with van der Waals surface area (Å²) in [5.74, 6) is 0.0705. The summed E-state index contributed by atoms with van der Waals surface area (Å²) in [7, 11) is 0. The Labute approximate surface area is 172 Å². The summed E-state index contributed by atoms with van der Waals surface area (Å²) < 4.78 is 0. The number of anilines is 3. The van der Waals surface area contributed by atoms with Crippen LogP contribution in [0.3, 0.4) is 0 Å². The first-order valence-electron chi connectivity index (χ1n) is 10.2. The van der Waals surface area contributed by atoms with Crippen LogP contribution in [0.2, 0.25) is 0 Å². The van der Waals surface area contributed by atoms with Crippen molar-refractivity contribution in [3.05, 3.63) is 53.6 Å². The number of nitrogens with one attached hydrogen (secondary N) is 1. The van der Waals surface area contributed by atoms with Crippen molar-refractivity contribution in [1.29, 1.82) is 0 Å². The van der Waals surface area contributed by atoms with Gasteiger partial charge >= 0.3 is 0 Å². The maximum absolute atomic E-state index is 12.5. The molecule has 29 heavy (non-hydrogen) atoms. The molecule has 2 heterocycles. The van der Waals surface area contributed by atoms with Crippen molar-refractivity contribution in [2.45, 2.75) is 20.3 Å². The molecule has 0 aromatic heterocycles. The van der Waals surface area contributed by atoms with E-state index in [0.29, 0.717) is 13.1 Å². The zero-order valence-electron chi connectivity index (χ0n) is 17.1. The summed E-state index contributed by atoms with van der Waals surface area (Å²) in [6, 6.07) is 14.3. The molecule has 0 unspecified atom stereocenters. The number of benzene rings is 2. The van der Waals surface area contributed by atoms with E-state index in [1.54, 1.807) is 11.8 Å². The summed E-state index contributed by atoms with van der Waals surface area (Å²) >= 11 is 0. The molecule has 2 aliphatic rings. The topological polar surface area (TPSA) is 55.9 Å². The van der Waals surface area contributed by atoms with Crippen LogP contribution in [0.5, 0.6) is 0 Å². The lowest BCUT2D eigenvalue weighted by Gasteiger charge is -2.36. The SMILES string of the molecule is CC(=O)N1CCc2cc(NC(=O)CN3CCN(c4ccccc4C)CC3)ccc21. The summed E-state index contributed by atoms with van der Waals surface area (Å²) in [6.07, 6.45) is 0.833. The number of carbonyl (C=O) groups excluding carboxylic acids is 2. The number of aryl methyl sites for hydroxylation is 1. The van der Waals surface area contributed by atoms with E-state index < -0.39 is 0 Å². The Bertz CT molecular complexity index is 919. The number of piperazine rings is 1. The molecule has 0 saturated carbocycles. The number of hydrogen-bond donors (Lipinski definition) is 1. The van der Waals surface area contributed by atoms with Gasteiger partial charge in [0.2, 0.25) is 11.8 Å². The van der Waals surface area contributed by atoms with Gasteiger partial charge in [-0.05, 0) is 48.7 Å². The van der Waals surface area contributed by atoms with Gasteiger partial charge < -0.3 is 15.1 Å². The van der Waals surface area contributed by atoms with Crippen LogP contribution < -0.4 is 15.1 Å². The normalized spacial score (nSPS) is 16.6. The lowest BCUT2D eigenvalue weighted by Crippen LogP contribution is -2.48. The summed E-state index contributed by atoms with van der Waals surface area (Å²) in [5.41, 5.74) is 5.46. The third-order valence-corrected chi connectivity index (χ3v) is 5.83. The van der Waals surface area contributed by atoms with Gasteiger partial charge in [0.1, 0.15) is 0 Å². The summed E-state index contributed by atoms with van der Waals surface area (Å²) in [4.78, 5) is 30.6. The Morgan fingerprint density at radius 3 is 2.45 bits per heavy atom. The van der Waals surface area contributed by atoms with Crippen LogP contribution in [0.15, 0.2) is 42.5 Å². The largest absolute Gasteiger partial charge is 0.369 e. The fourth-order valence-corrected chi connectivity index (χ4v) is 4.28. The molecule has 4 rings (SSSR count). The smallest absolute Gasteiger partial charge is 0.238 e. The van der Waals surface area contributed by atoms with Crippen LogP contribution in [-0.2, 0) is 16.0 Å². The second kappa shape index (κ2) is 8.25. The van der Waals surface area contributed by atoms with Crippen molar-refractivity contribution in [1.82, 2.24) is 4.90 Å². The minimum absolute atomic E-state index is 0.00992. The lowest BCUT2D eigenvalue weighted by molar-refractivity contribution is -0.117. The van der Waals surface area contributed by atoms with Gasteiger partial charge in [-0.2, -0.15) is 0 Å². The third-order valence-electron chi connectivity index (χ3n) is 5.83. The number of rotatable bonds is 4. The third kappa shape index (κ3) is 4.27. The minimum Gasteiger partial charge on any atom is -0.369 e. The molecule has 0 aliphatic carbocycles. The first-order valence-corrected chi connectivity index (χ1v) is 10.2. The summed E-state index contributed by atoms with van der Waals surface area (Å²) in [6.45, 7) is 8.45. The molecule has 6 heteroatoms. The Kier molecular flexibility index (Phi) is 5.53. The molecule has 2 amide bonds. The highest BCUT2D eigenvalue weighted by Crippen LogP contribution is 2.30. The van der Waals surface area contributed by atoms with E-state index in [1.165, 1.54) is 11.3 Å². The number of carbonyl (C=O) groups is 2. The average molecular weight is 393 g/mol. The molecule has 1 N–H and O–H groups in total. The van der Waals surface area contributed by atoms with Crippen molar-refractivity contribution >= 4 is 28.9 Å². The van der Waals surface area contributed by atoms with Crippen molar-refractivity contribution in [3.63, 3.8) is 0 Å². The lowest BCUT2D eigenvalue weighted by atomic mass is 10.1. The van der Waals surface area contributed by atoms with Crippen molar-refractivity contribution < 1.29 is 9.59 Å². The van der Waals surface area contributed by atoms with E-state index in [2.05, 4.69) is 46.3 Å². The monoisotopic (exact) mass is 392 g/mol. The van der Waals surface area contributed by atoms with Crippen molar-refractivity contribution in [2.24, 2.45) is 0 Å². The molecular weight excluding hydrogens is 364 g/mol. The molecule has 1 saturated heterocycles. The van der Waals surface area contributed by atoms with Crippen LogP contribution in [0, 0.1) is 6.92 Å². The quantitative estimate of drug-likeness (QED) is 0.869. The van der Waals surface area contributed by atoms with Crippen LogP contribution in [0.1, 0.15) is 18.1 Å². The second-order valence-corrected chi connectivity index (χ2v) is 7.86. The molecule has 2 aromatic rings. The molecule has 2 aromatic carbocycles. The molecule has 152 valence electrons. The van der Waals surface area contributed by atoms with E-state index >= 15 is 0 Å². The van der Waals surface area contributed by atoms with Crippen LogP contribution >= 0.6 is 0 Å². The predicted octanol–water partition coefficient (Wildman–Crippen LogP) is 2.66. The van der Waals surface area contributed by atoms with E-state index in [-0.39, 0.29) is 11.8 Å². The Balaban J connectivity index is 1.30. The highest BCUT2D eigenvalue weighted by atomic mass is 16.2. The Hall–Kier alpha value is -2.86. The summed E-state index contributed by atoms with van der Waals surface area (Å²) in [5, 5.41) is 3.02. The number of hydrogen-bond acceptors (Lipinski definition) is 4. The average Bonchev–Trinajstić information content (AvgIpc) is 3.12. The van der Waals surface area contributed by atoms with Gasteiger partial charge in [0, 0.05) is 56.7 Å². The molecule has 0 bridgehead atoms. The van der Waals surface area contributed by atoms with Crippen molar-refractivity contribution in [2.75, 3.05) is 54.4 Å². The molecule has 6 nitrogen and oxygen atoms in total. The Morgan fingerprint density at radius 2 is 1.72 bits per heavy atom. The molecule has 2 aliphatic heterocycles. The first-order chi connectivity index (χ1) is 14.0. The fraction of sp³-hybridized carbons (Fsp3) is 0.391. The first kappa shape index (κ1) is 19.5. The van der Waals surface area contributed by atoms with E-state index in [1.807, 2.05) is 18.2 Å². The van der Waals surface area contributed by atoms with Gasteiger partial charge in [-0.25, -0.2) is 0 Å². The molecule has 0 spiro atoms. The predicted molar refractivity (Wildman–Crippen MR) is 117 cm³/mol. The standard InChI is InChI=1S/C23H28N4O2/c1-17-5-3-4-6-21(17)26-13-11-25(12-14-26)16-23(29)24-20-7-8-22-19(15-20)9-10-27(22)18(2)28/h3-8,15H,9-14,16H2,1-2H3,(H,24,29). The van der Waals surface area contributed by atoms with Gasteiger partial charge in [-0.3, -0.25) is 14.5 Å². The molecule has 0 radical (unpaired) electrons. The highest BCUT2D eigenvalue weighted by Gasteiger charge is 2.23. The molecule has 0 atom stereocenters. The maximum Gasteiger partial charge on any atom is 0.238 e. The van der Waals surface area contributed by atoms with Crippen LogP contribution in [0.4, 0.5) is 17.1 Å². The minimum atomic E-state index is 0.00992. The zero-order chi connectivity index (χ0) is 20.4. The highest BCUT2D eigenvalue weighted by molar-refractivity contribution is 5.96.